The Balaban J connectivity index is 2.84. The van der Waals surface area contributed by atoms with E-state index >= 15 is 0 Å². The normalized spacial score (nSPS) is 9.50. The van der Waals surface area contributed by atoms with E-state index in [-0.39, 0.29) is 12.5 Å². The average Bonchev–Trinajstić information content (AvgIpc) is 2.17. The highest BCUT2D eigenvalue weighted by molar-refractivity contribution is 5.93. The highest BCUT2D eigenvalue weighted by Crippen LogP contribution is 2.03. The zero-order valence-corrected chi connectivity index (χ0v) is 6.92. The van der Waals surface area contributed by atoms with Crippen LogP contribution in [0.5, 0.6) is 0 Å². The Kier molecular flexibility index (Phi) is 2.82. The van der Waals surface area contributed by atoms with Crippen LogP contribution in [-0.4, -0.2) is 13.0 Å². The van der Waals surface area contributed by atoms with E-state index in [9.17, 15) is 4.79 Å². The summed E-state index contributed by atoms with van der Waals surface area (Å²) < 4.78 is 0. The maximum absolute atomic E-state index is 11.1. The molecule has 0 aliphatic rings. The molecule has 0 heterocycles. The molecule has 1 amide bonds. The predicted octanol–water partition coefficient (Wildman–Crippen LogP) is 0.829. The van der Waals surface area contributed by atoms with E-state index in [4.69, 9.17) is 5.73 Å². The fourth-order valence-electron chi connectivity index (χ4n) is 0.918. The van der Waals surface area contributed by atoms with Crippen LogP contribution in [0.4, 0.5) is 0 Å². The standard InChI is InChI=1S/C9H11N2O/c1-11-9(12)8-4-2-7(6-10)3-5-8/h2-5,10H,6H2,1H3,(H,11,12). The van der Waals surface area contributed by atoms with Crippen molar-refractivity contribution in [2.24, 2.45) is 0 Å². The van der Waals surface area contributed by atoms with Gasteiger partial charge in [0, 0.05) is 19.2 Å². The highest BCUT2D eigenvalue weighted by Gasteiger charge is 2.00. The van der Waals surface area contributed by atoms with Gasteiger partial charge in [0.1, 0.15) is 0 Å². The summed E-state index contributed by atoms with van der Waals surface area (Å²) in [7, 11) is 1.60. The van der Waals surface area contributed by atoms with E-state index in [2.05, 4.69) is 5.32 Å². The smallest absolute Gasteiger partial charge is 0.251 e. The van der Waals surface area contributed by atoms with Gasteiger partial charge in [-0.2, -0.15) is 0 Å². The molecule has 0 bridgehead atoms. The van der Waals surface area contributed by atoms with Gasteiger partial charge in [0.2, 0.25) is 0 Å². The van der Waals surface area contributed by atoms with Gasteiger partial charge in [0.25, 0.3) is 5.91 Å². The lowest BCUT2D eigenvalue weighted by molar-refractivity contribution is 0.0963. The Morgan fingerprint density at radius 3 is 2.42 bits per heavy atom. The van der Waals surface area contributed by atoms with Crippen molar-refractivity contribution < 1.29 is 4.79 Å². The minimum absolute atomic E-state index is 0.0912. The van der Waals surface area contributed by atoms with E-state index in [0.29, 0.717) is 5.56 Å². The second kappa shape index (κ2) is 3.88. The van der Waals surface area contributed by atoms with Gasteiger partial charge in [0.15, 0.2) is 0 Å². The van der Waals surface area contributed by atoms with Gasteiger partial charge in [0.05, 0.1) is 0 Å². The summed E-state index contributed by atoms with van der Waals surface area (Å²) in [5, 5.41) is 2.53. The number of amides is 1. The molecule has 0 spiro atoms. The molecule has 0 saturated carbocycles. The quantitative estimate of drug-likeness (QED) is 0.689. The summed E-state index contributed by atoms with van der Waals surface area (Å²) in [6.07, 6.45) is 0. The Labute approximate surface area is 71.6 Å². The van der Waals surface area contributed by atoms with Gasteiger partial charge in [-0.15, -0.1) is 0 Å². The van der Waals surface area contributed by atoms with Crippen molar-refractivity contribution >= 4 is 5.91 Å². The number of carbonyl (C=O) groups excluding carboxylic acids is 1. The van der Waals surface area contributed by atoms with Crippen molar-refractivity contribution in [3.05, 3.63) is 35.4 Å². The van der Waals surface area contributed by atoms with E-state index in [0.717, 1.165) is 5.56 Å². The highest BCUT2D eigenvalue weighted by atomic mass is 16.1. The number of hydrogen-bond donors (Lipinski definition) is 1. The van der Waals surface area contributed by atoms with Crippen molar-refractivity contribution in [1.82, 2.24) is 11.1 Å². The lowest BCUT2D eigenvalue weighted by Crippen LogP contribution is -2.17. The molecule has 0 aliphatic heterocycles. The average molecular weight is 163 g/mol. The Bertz CT molecular complexity index is 266. The van der Waals surface area contributed by atoms with Gasteiger partial charge < -0.3 is 5.32 Å². The number of benzene rings is 1. The molecule has 1 aromatic rings. The summed E-state index contributed by atoms with van der Waals surface area (Å²) in [5.74, 6) is -0.0912. The van der Waals surface area contributed by atoms with Crippen molar-refractivity contribution in [3.8, 4) is 0 Å². The van der Waals surface area contributed by atoms with E-state index in [1.165, 1.54) is 0 Å². The van der Waals surface area contributed by atoms with E-state index in [1.54, 1.807) is 31.3 Å². The zero-order valence-electron chi connectivity index (χ0n) is 6.92. The Morgan fingerprint density at radius 2 is 2.00 bits per heavy atom. The first kappa shape index (κ1) is 8.74. The third-order valence-corrected chi connectivity index (χ3v) is 1.65. The lowest BCUT2D eigenvalue weighted by atomic mass is 10.1. The maximum atomic E-state index is 11.1. The van der Waals surface area contributed by atoms with Crippen molar-refractivity contribution in [1.29, 1.82) is 0 Å². The number of rotatable bonds is 2. The summed E-state index contributed by atoms with van der Waals surface area (Å²) in [5.41, 5.74) is 8.62. The van der Waals surface area contributed by atoms with Gasteiger partial charge in [-0.05, 0) is 17.7 Å². The molecule has 2 N–H and O–H groups in total. The van der Waals surface area contributed by atoms with Crippen molar-refractivity contribution in [2.75, 3.05) is 7.05 Å². The molecular weight excluding hydrogens is 152 g/mol. The molecule has 12 heavy (non-hydrogen) atoms. The Morgan fingerprint density at radius 1 is 1.42 bits per heavy atom. The van der Waals surface area contributed by atoms with Gasteiger partial charge in [-0.3, -0.25) is 10.5 Å². The summed E-state index contributed by atoms with van der Waals surface area (Å²) in [6.45, 7) is 0.258. The summed E-state index contributed by atoms with van der Waals surface area (Å²) in [6, 6.07) is 7.03. The second-order valence-corrected chi connectivity index (χ2v) is 2.45. The van der Waals surface area contributed by atoms with Crippen LogP contribution < -0.4 is 11.1 Å². The van der Waals surface area contributed by atoms with Crippen molar-refractivity contribution in [3.63, 3.8) is 0 Å². The molecule has 0 aromatic heterocycles. The largest absolute Gasteiger partial charge is 0.355 e. The number of hydrogen-bond acceptors (Lipinski definition) is 1. The minimum Gasteiger partial charge on any atom is -0.355 e. The molecule has 1 radical (unpaired) electrons. The molecule has 1 rings (SSSR count). The van der Waals surface area contributed by atoms with Gasteiger partial charge >= 0.3 is 0 Å². The molecule has 1 aromatic carbocycles. The summed E-state index contributed by atoms with van der Waals surface area (Å²) in [4.78, 5) is 11.1. The maximum Gasteiger partial charge on any atom is 0.251 e. The van der Waals surface area contributed by atoms with Crippen LogP contribution in [0.2, 0.25) is 0 Å². The third kappa shape index (κ3) is 1.83. The molecule has 3 heteroatoms. The minimum atomic E-state index is -0.0912. The molecule has 0 saturated heterocycles. The van der Waals surface area contributed by atoms with Crippen LogP contribution in [0, 0.1) is 0 Å². The number of carbonyl (C=O) groups is 1. The monoisotopic (exact) mass is 163 g/mol. The Hall–Kier alpha value is -1.35. The summed E-state index contributed by atoms with van der Waals surface area (Å²) >= 11 is 0. The number of nitrogens with one attached hydrogen (secondary N) is 2. The first-order valence-electron chi connectivity index (χ1n) is 3.73. The van der Waals surface area contributed by atoms with Gasteiger partial charge in [-0.25, -0.2) is 0 Å². The van der Waals surface area contributed by atoms with Crippen LogP contribution in [0.3, 0.4) is 0 Å². The lowest BCUT2D eigenvalue weighted by Gasteiger charge is -1.99. The first-order chi connectivity index (χ1) is 5.77. The molecule has 0 atom stereocenters. The molecule has 3 nitrogen and oxygen atoms in total. The van der Waals surface area contributed by atoms with Crippen LogP contribution >= 0.6 is 0 Å². The molecule has 0 fully saturated rings. The van der Waals surface area contributed by atoms with Crippen LogP contribution in [-0.2, 0) is 6.54 Å². The zero-order chi connectivity index (χ0) is 8.97. The first-order valence-corrected chi connectivity index (χ1v) is 3.73. The molecule has 63 valence electrons. The molecule has 0 aliphatic carbocycles. The van der Waals surface area contributed by atoms with Crippen molar-refractivity contribution in [2.45, 2.75) is 6.54 Å². The topological polar surface area (TPSA) is 52.9 Å². The SMILES string of the molecule is CNC(=O)c1ccc(C[NH])cc1. The molecule has 0 unspecified atom stereocenters. The van der Waals surface area contributed by atoms with Crippen LogP contribution in [0.15, 0.2) is 24.3 Å². The van der Waals surface area contributed by atoms with E-state index in [1.807, 2.05) is 0 Å². The third-order valence-electron chi connectivity index (χ3n) is 1.65. The van der Waals surface area contributed by atoms with E-state index < -0.39 is 0 Å². The second-order valence-electron chi connectivity index (χ2n) is 2.45. The van der Waals surface area contributed by atoms with Gasteiger partial charge in [-0.1, -0.05) is 12.1 Å². The predicted molar refractivity (Wildman–Crippen MR) is 46.6 cm³/mol. The fraction of sp³-hybridized carbons (Fsp3) is 0.222. The van der Waals surface area contributed by atoms with Crippen LogP contribution in [0.1, 0.15) is 15.9 Å². The van der Waals surface area contributed by atoms with Crippen LogP contribution in [0.25, 0.3) is 0 Å². The molecular formula is C9H11N2O. The fourth-order valence-corrected chi connectivity index (χ4v) is 0.918.